The summed E-state index contributed by atoms with van der Waals surface area (Å²) in [6.45, 7) is 0.158. The Morgan fingerprint density at radius 3 is 2.39 bits per heavy atom. The fourth-order valence-electron chi connectivity index (χ4n) is 3.50. The summed E-state index contributed by atoms with van der Waals surface area (Å²) in [7, 11) is 2.65. The zero-order valence-electron chi connectivity index (χ0n) is 17.5. The van der Waals surface area contributed by atoms with Crippen LogP contribution in [0.1, 0.15) is 43.2 Å². The molecule has 1 fully saturated rings. The molecular formula is C23H25Cl2NO5. The molecule has 2 aromatic carbocycles. The van der Waals surface area contributed by atoms with E-state index in [1.54, 1.807) is 24.3 Å². The van der Waals surface area contributed by atoms with Crippen LogP contribution in [0, 0.1) is 0 Å². The first kappa shape index (κ1) is 23.2. The first-order chi connectivity index (χ1) is 15.0. The Morgan fingerprint density at radius 2 is 1.74 bits per heavy atom. The SMILES string of the molecule is CO/N=C(/C(=O)OC)c1ccccc1COc1cc(Cl)c(OC2CCCCC2)c(Cl)c1. The second-order valence-electron chi connectivity index (χ2n) is 7.15. The van der Waals surface area contributed by atoms with Crippen LogP contribution in [0.5, 0.6) is 11.5 Å². The minimum atomic E-state index is -0.607. The number of hydrogen-bond donors (Lipinski definition) is 0. The normalized spacial score (nSPS) is 14.8. The largest absolute Gasteiger partial charge is 0.489 e. The summed E-state index contributed by atoms with van der Waals surface area (Å²) in [4.78, 5) is 16.9. The number of hydrogen-bond acceptors (Lipinski definition) is 6. The molecule has 166 valence electrons. The summed E-state index contributed by atoms with van der Waals surface area (Å²) in [5, 5.41) is 4.60. The summed E-state index contributed by atoms with van der Waals surface area (Å²) < 4.78 is 16.8. The van der Waals surface area contributed by atoms with Crippen molar-refractivity contribution in [2.75, 3.05) is 14.2 Å². The highest BCUT2D eigenvalue weighted by Crippen LogP contribution is 2.39. The van der Waals surface area contributed by atoms with Crippen molar-refractivity contribution in [3.63, 3.8) is 0 Å². The van der Waals surface area contributed by atoms with Gasteiger partial charge in [0.2, 0.25) is 0 Å². The molecule has 0 amide bonds. The van der Waals surface area contributed by atoms with Crippen LogP contribution in [0.3, 0.4) is 0 Å². The number of esters is 1. The predicted octanol–water partition coefficient (Wildman–Crippen LogP) is 5.81. The summed E-state index contributed by atoms with van der Waals surface area (Å²) in [6, 6.07) is 10.6. The third-order valence-electron chi connectivity index (χ3n) is 5.04. The fraction of sp³-hybridized carbons (Fsp3) is 0.391. The molecule has 8 heteroatoms. The Kier molecular flexibility index (Phi) is 8.43. The van der Waals surface area contributed by atoms with Gasteiger partial charge in [0.15, 0.2) is 11.5 Å². The van der Waals surface area contributed by atoms with E-state index in [0.717, 1.165) is 31.2 Å². The molecule has 0 spiro atoms. The van der Waals surface area contributed by atoms with E-state index in [0.29, 0.717) is 27.1 Å². The molecule has 3 rings (SSSR count). The molecule has 0 radical (unpaired) electrons. The number of nitrogens with zero attached hydrogens (tertiary/aromatic N) is 1. The van der Waals surface area contributed by atoms with Gasteiger partial charge in [0.25, 0.3) is 0 Å². The molecule has 0 saturated heterocycles. The molecule has 1 aliphatic rings. The van der Waals surface area contributed by atoms with Gasteiger partial charge < -0.3 is 19.0 Å². The van der Waals surface area contributed by atoms with Crippen LogP contribution in [-0.2, 0) is 21.0 Å². The second-order valence-corrected chi connectivity index (χ2v) is 7.97. The summed E-state index contributed by atoms with van der Waals surface area (Å²) in [6.07, 6.45) is 5.70. The highest BCUT2D eigenvalue weighted by molar-refractivity contribution is 6.43. The van der Waals surface area contributed by atoms with Crippen LogP contribution in [0.2, 0.25) is 10.0 Å². The molecule has 1 aliphatic carbocycles. The summed E-state index contributed by atoms with van der Waals surface area (Å²) in [5.74, 6) is 0.372. The minimum absolute atomic E-state index is 0.0523. The van der Waals surface area contributed by atoms with Crippen LogP contribution in [0.25, 0.3) is 0 Å². The highest BCUT2D eigenvalue weighted by Gasteiger charge is 2.21. The van der Waals surface area contributed by atoms with E-state index < -0.39 is 5.97 Å². The predicted molar refractivity (Wildman–Crippen MR) is 120 cm³/mol. The van der Waals surface area contributed by atoms with Gasteiger partial charge in [0.05, 0.1) is 23.3 Å². The van der Waals surface area contributed by atoms with Gasteiger partial charge in [-0.15, -0.1) is 0 Å². The quantitative estimate of drug-likeness (QED) is 0.279. The van der Waals surface area contributed by atoms with Gasteiger partial charge in [-0.2, -0.15) is 0 Å². The molecule has 0 bridgehead atoms. The third kappa shape index (κ3) is 6.05. The Morgan fingerprint density at radius 1 is 1.06 bits per heavy atom. The molecule has 31 heavy (non-hydrogen) atoms. The Bertz CT molecular complexity index is 918. The van der Waals surface area contributed by atoms with Gasteiger partial charge in [-0.3, -0.25) is 0 Å². The van der Waals surface area contributed by atoms with Crippen molar-refractivity contribution in [2.45, 2.75) is 44.8 Å². The van der Waals surface area contributed by atoms with Gasteiger partial charge in [0, 0.05) is 17.7 Å². The molecule has 0 N–H and O–H groups in total. The number of oxime groups is 1. The third-order valence-corrected chi connectivity index (χ3v) is 5.60. The van der Waals surface area contributed by atoms with Gasteiger partial charge >= 0.3 is 5.97 Å². The molecule has 0 heterocycles. The molecule has 2 aromatic rings. The van der Waals surface area contributed by atoms with Crippen molar-refractivity contribution in [1.82, 2.24) is 0 Å². The molecule has 0 aromatic heterocycles. The van der Waals surface area contributed by atoms with Crippen LogP contribution >= 0.6 is 23.2 Å². The van der Waals surface area contributed by atoms with E-state index in [1.807, 2.05) is 12.1 Å². The lowest BCUT2D eigenvalue weighted by molar-refractivity contribution is -0.132. The Balaban J connectivity index is 1.76. The number of carbonyl (C=O) groups excluding carboxylic acids is 1. The van der Waals surface area contributed by atoms with E-state index in [-0.39, 0.29) is 18.4 Å². The van der Waals surface area contributed by atoms with Crippen molar-refractivity contribution in [2.24, 2.45) is 5.16 Å². The lowest BCUT2D eigenvalue weighted by atomic mass is 9.98. The zero-order valence-corrected chi connectivity index (χ0v) is 19.0. The maximum absolute atomic E-state index is 12.1. The summed E-state index contributed by atoms with van der Waals surface area (Å²) >= 11 is 12.9. The first-order valence-electron chi connectivity index (χ1n) is 10.1. The number of benzene rings is 2. The number of rotatable bonds is 8. The van der Waals surface area contributed by atoms with E-state index in [1.165, 1.54) is 20.6 Å². The zero-order chi connectivity index (χ0) is 22.2. The van der Waals surface area contributed by atoms with Crippen molar-refractivity contribution >= 4 is 34.9 Å². The van der Waals surface area contributed by atoms with Crippen LogP contribution < -0.4 is 9.47 Å². The van der Waals surface area contributed by atoms with Crippen LogP contribution in [0.4, 0.5) is 0 Å². The number of halogens is 2. The number of methoxy groups -OCH3 is 1. The number of carbonyl (C=O) groups is 1. The fourth-order valence-corrected chi connectivity index (χ4v) is 4.06. The summed E-state index contributed by atoms with van der Waals surface area (Å²) in [5.41, 5.74) is 1.32. The number of ether oxygens (including phenoxy) is 3. The molecule has 0 unspecified atom stereocenters. The van der Waals surface area contributed by atoms with E-state index >= 15 is 0 Å². The van der Waals surface area contributed by atoms with Crippen molar-refractivity contribution in [3.05, 3.63) is 57.6 Å². The van der Waals surface area contributed by atoms with E-state index in [4.69, 9.17) is 42.3 Å². The first-order valence-corrected chi connectivity index (χ1v) is 10.8. The average molecular weight is 466 g/mol. The van der Waals surface area contributed by atoms with Crippen molar-refractivity contribution in [1.29, 1.82) is 0 Å². The molecular weight excluding hydrogens is 441 g/mol. The molecule has 1 saturated carbocycles. The minimum Gasteiger partial charge on any atom is -0.489 e. The lowest BCUT2D eigenvalue weighted by Gasteiger charge is -2.24. The Hall–Kier alpha value is -2.44. The molecule has 0 aliphatic heterocycles. The van der Waals surface area contributed by atoms with Gasteiger partial charge in [-0.05, 0) is 31.2 Å². The second kappa shape index (κ2) is 11.3. The molecule has 0 atom stereocenters. The van der Waals surface area contributed by atoms with Crippen molar-refractivity contribution < 1.29 is 23.8 Å². The Labute approximate surface area is 192 Å². The van der Waals surface area contributed by atoms with Gasteiger partial charge in [0.1, 0.15) is 19.5 Å². The highest BCUT2D eigenvalue weighted by atomic mass is 35.5. The monoisotopic (exact) mass is 465 g/mol. The maximum Gasteiger partial charge on any atom is 0.360 e. The van der Waals surface area contributed by atoms with Crippen molar-refractivity contribution in [3.8, 4) is 11.5 Å². The standard InChI is InChI=1S/C23H25Cl2NO5/c1-28-23(27)21(26-29-2)18-11-7-6-8-15(18)14-30-17-12-19(24)22(20(25)13-17)31-16-9-4-3-5-10-16/h6-8,11-13,16H,3-5,9-10,14H2,1-2H3/b26-21+. The maximum atomic E-state index is 12.1. The van der Waals surface area contributed by atoms with E-state index in [9.17, 15) is 4.79 Å². The average Bonchev–Trinajstić information content (AvgIpc) is 2.79. The smallest absolute Gasteiger partial charge is 0.360 e. The lowest BCUT2D eigenvalue weighted by Crippen LogP contribution is -2.20. The van der Waals surface area contributed by atoms with Gasteiger partial charge in [-0.25, -0.2) is 4.79 Å². The van der Waals surface area contributed by atoms with Crippen LogP contribution in [0.15, 0.2) is 41.6 Å². The van der Waals surface area contributed by atoms with Gasteiger partial charge in [-0.1, -0.05) is 59.0 Å². The van der Waals surface area contributed by atoms with Crippen LogP contribution in [-0.4, -0.2) is 32.0 Å². The molecule has 6 nitrogen and oxygen atoms in total. The topological polar surface area (TPSA) is 66.4 Å². The van der Waals surface area contributed by atoms with E-state index in [2.05, 4.69) is 5.16 Å².